The zero-order chi connectivity index (χ0) is 14.3. The highest BCUT2D eigenvalue weighted by molar-refractivity contribution is 5.67. The van der Waals surface area contributed by atoms with Crippen LogP contribution in [-0.2, 0) is 0 Å². The molecule has 6 heteroatoms. The second kappa shape index (κ2) is 4.60. The summed E-state index contributed by atoms with van der Waals surface area (Å²) in [6.45, 7) is 5.29. The van der Waals surface area contributed by atoms with Gasteiger partial charge < -0.3 is 5.11 Å². The third kappa shape index (κ3) is 2.07. The van der Waals surface area contributed by atoms with Crippen LogP contribution in [0, 0.1) is 24.4 Å². The van der Waals surface area contributed by atoms with Gasteiger partial charge in [-0.3, -0.25) is 4.68 Å². The maximum absolute atomic E-state index is 13.7. The van der Waals surface area contributed by atoms with Gasteiger partial charge in [0.1, 0.15) is 5.69 Å². The van der Waals surface area contributed by atoms with E-state index in [1.165, 1.54) is 4.68 Å². The molecule has 0 atom stereocenters. The topological polar surface area (TPSA) is 38.1 Å². The second-order valence-corrected chi connectivity index (χ2v) is 4.54. The Labute approximate surface area is 108 Å². The molecule has 0 saturated heterocycles. The number of rotatable bonds is 2. The maximum Gasteiger partial charge on any atom is 0.195 e. The molecule has 2 aromatic rings. The van der Waals surface area contributed by atoms with E-state index in [9.17, 15) is 18.3 Å². The average Bonchev–Trinajstić information content (AvgIpc) is 2.64. The van der Waals surface area contributed by atoms with Crippen molar-refractivity contribution in [2.24, 2.45) is 0 Å². The molecule has 1 aromatic carbocycles. The van der Waals surface area contributed by atoms with Crippen molar-refractivity contribution in [3.05, 3.63) is 35.3 Å². The first kappa shape index (κ1) is 13.5. The Morgan fingerprint density at radius 1 is 1.16 bits per heavy atom. The summed E-state index contributed by atoms with van der Waals surface area (Å²) >= 11 is 0. The molecular formula is C13H13F3N2O. The molecule has 0 unspecified atom stereocenters. The third-order valence-electron chi connectivity index (χ3n) is 2.90. The zero-order valence-electron chi connectivity index (χ0n) is 10.7. The first-order valence-electron chi connectivity index (χ1n) is 5.76. The molecule has 1 heterocycles. The Kier molecular flexibility index (Phi) is 3.26. The maximum atomic E-state index is 13.7. The van der Waals surface area contributed by atoms with Gasteiger partial charge in [-0.1, -0.05) is 0 Å². The highest BCUT2D eigenvalue weighted by Gasteiger charge is 2.22. The van der Waals surface area contributed by atoms with E-state index < -0.39 is 17.5 Å². The smallest absolute Gasteiger partial charge is 0.195 e. The van der Waals surface area contributed by atoms with Crippen LogP contribution >= 0.6 is 0 Å². The van der Waals surface area contributed by atoms with Gasteiger partial charge in [0.25, 0.3) is 0 Å². The van der Waals surface area contributed by atoms with Crippen molar-refractivity contribution in [1.82, 2.24) is 9.78 Å². The van der Waals surface area contributed by atoms with E-state index in [2.05, 4.69) is 5.10 Å². The molecule has 0 spiro atoms. The van der Waals surface area contributed by atoms with Crippen molar-refractivity contribution in [3.63, 3.8) is 0 Å². The normalized spacial score (nSPS) is 11.3. The molecule has 3 nitrogen and oxygen atoms in total. The van der Waals surface area contributed by atoms with Crippen LogP contribution in [0.25, 0.3) is 11.3 Å². The number of benzene rings is 1. The second-order valence-electron chi connectivity index (χ2n) is 4.54. The Bertz CT molecular complexity index is 635. The summed E-state index contributed by atoms with van der Waals surface area (Å²) < 4.78 is 41.3. The minimum absolute atomic E-state index is 0.0481. The molecule has 0 aliphatic rings. The van der Waals surface area contributed by atoms with Crippen molar-refractivity contribution in [2.75, 3.05) is 0 Å². The molecule has 102 valence electrons. The molecular weight excluding hydrogens is 257 g/mol. The van der Waals surface area contributed by atoms with E-state index >= 15 is 0 Å². The predicted octanol–water partition coefficient (Wildman–Crippen LogP) is 3.56. The molecule has 0 bridgehead atoms. The monoisotopic (exact) mass is 270 g/mol. The summed E-state index contributed by atoms with van der Waals surface area (Å²) in [5, 5.41) is 14.0. The lowest BCUT2D eigenvalue weighted by atomic mass is 10.1. The number of nitrogens with zero attached hydrogens (tertiary/aromatic N) is 2. The number of aromatic hydroxyl groups is 1. The van der Waals surface area contributed by atoms with Gasteiger partial charge in [-0.15, -0.1) is 0 Å². The molecule has 0 aliphatic carbocycles. The molecule has 0 fully saturated rings. The van der Waals surface area contributed by atoms with Crippen molar-refractivity contribution in [3.8, 4) is 17.0 Å². The summed E-state index contributed by atoms with van der Waals surface area (Å²) in [5.41, 5.74) is 0.0793. The third-order valence-corrected chi connectivity index (χ3v) is 2.90. The summed E-state index contributed by atoms with van der Waals surface area (Å²) in [5.74, 6) is -4.45. The minimum atomic E-state index is -1.58. The van der Waals surface area contributed by atoms with Gasteiger partial charge in [-0.05, 0) is 32.9 Å². The lowest BCUT2D eigenvalue weighted by Gasteiger charge is -2.06. The highest BCUT2D eigenvalue weighted by Crippen LogP contribution is 2.34. The minimum Gasteiger partial charge on any atom is -0.504 e. The molecule has 0 amide bonds. The summed E-state index contributed by atoms with van der Waals surface area (Å²) in [6, 6.07) is 1.81. The number of hydrogen-bond acceptors (Lipinski definition) is 2. The van der Waals surface area contributed by atoms with Gasteiger partial charge in [0.05, 0.1) is 5.69 Å². The van der Waals surface area contributed by atoms with Crippen LogP contribution in [0.4, 0.5) is 13.2 Å². The van der Waals surface area contributed by atoms with Crippen LogP contribution in [-0.4, -0.2) is 14.9 Å². The van der Waals surface area contributed by atoms with Crippen molar-refractivity contribution in [2.45, 2.75) is 26.8 Å². The van der Waals surface area contributed by atoms with Gasteiger partial charge in [-0.2, -0.15) is 5.10 Å². The van der Waals surface area contributed by atoms with Crippen molar-refractivity contribution < 1.29 is 18.3 Å². The van der Waals surface area contributed by atoms with Crippen molar-refractivity contribution in [1.29, 1.82) is 0 Å². The van der Waals surface area contributed by atoms with Gasteiger partial charge >= 0.3 is 0 Å². The Balaban J connectivity index is 2.67. The van der Waals surface area contributed by atoms with Gasteiger partial charge in [-0.25, -0.2) is 13.2 Å². The molecule has 0 aliphatic heterocycles. The average molecular weight is 270 g/mol. The van der Waals surface area contributed by atoms with Crippen LogP contribution < -0.4 is 0 Å². The predicted molar refractivity (Wildman–Crippen MR) is 64.3 cm³/mol. The quantitative estimate of drug-likeness (QED) is 0.847. The summed E-state index contributed by atoms with van der Waals surface area (Å²) in [4.78, 5) is 0. The fourth-order valence-corrected chi connectivity index (χ4v) is 1.90. The molecule has 2 rings (SSSR count). The van der Waals surface area contributed by atoms with Crippen LogP contribution in [0.15, 0.2) is 12.1 Å². The van der Waals surface area contributed by atoms with Crippen LogP contribution in [0.2, 0.25) is 0 Å². The summed E-state index contributed by atoms with van der Waals surface area (Å²) in [6.07, 6.45) is 0. The standard InChI is InChI=1S/C13H13F3N2O/c1-6(2)18-7(3)13(19)12(17-18)8-4-5-9(14)11(16)10(8)15/h4-6,19H,1-3H3. The van der Waals surface area contributed by atoms with Crippen LogP contribution in [0.3, 0.4) is 0 Å². The van der Waals surface area contributed by atoms with E-state index in [0.717, 1.165) is 12.1 Å². The Morgan fingerprint density at radius 3 is 2.32 bits per heavy atom. The van der Waals surface area contributed by atoms with Crippen LogP contribution in [0.1, 0.15) is 25.6 Å². The van der Waals surface area contributed by atoms with Crippen molar-refractivity contribution >= 4 is 0 Å². The largest absolute Gasteiger partial charge is 0.504 e. The first-order chi connectivity index (χ1) is 8.84. The van der Waals surface area contributed by atoms with Gasteiger partial charge in [0.2, 0.25) is 0 Å². The highest BCUT2D eigenvalue weighted by atomic mass is 19.2. The SMILES string of the molecule is Cc1c(O)c(-c2ccc(F)c(F)c2F)nn1C(C)C. The number of aromatic nitrogens is 2. The molecule has 0 radical (unpaired) electrons. The molecule has 0 saturated carbocycles. The van der Waals surface area contributed by atoms with E-state index in [4.69, 9.17) is 0 Å². The van der Waals surface area contributed by atoms with E-state index in [-0.39, 0.29) is 23.0 Å². The fourth-order valence-electron chi connectivity index (χ4n) is 1.90. The Morgan fingerprint density at radius 2 is 1.79 bits per heavy atom. The zero-order valence-corrected chi connectivity index (χ0v) is 10.7. The molecule has 1 aromatic heterocycles. The molecule has 19 heavy (non-hydrogen) atoms. The van der Waals surface area contributed by atoms with Gasteiger partial charge in [0, 0.05) is 11.6 Å². The number of halogens is 3. The van der Waals surface area contributed by atoms with Gasteiger partial charge in [0.15, 0.2) is 23.2 Å². The van der Waals surface area contributed by atoms with E-state index in [1.54, 1.807) is 6.92 Å². The Hall–Kier alpha value is -1.98. The van der Waals surface area contributed by atoms with E-state index in [0.29, 0.717) is 5.69 Å². The molecule has 1 N–H and O–H groups in total. The lowest BCUT2D eigenvalue weighted by molar-refractivity contribution is 0.447. The summed E-state index contributed by atoms with van der Waals surface area (Å²) in [7, 11) is 0. The number of hydrogen-bond donors (Lipinski definition) is 1. The first-order valence-corrected chi connectivity index (χ1v) is 5.76. The lowest BCUT2D eigenvalue weighted by Crippen LogP contribution is -2.04. The fraction of sp³-hybridized carbons (Fsp3) is 0.308. The van der Waals surface area contributed by atoms with E-state index in [1.807, 2.05) is 13.8 Å². The van der Waals surface area contributed by atoms with Crippen LogP contribution in [0.5, 0.6) is 5.75 Å².